The van der Waals surface area contributed by atoms with Crippen LogP contribution in [0.15, 0.2) is 0 Å². The first kappa shape index (κ1) is 9.21. The second-order valence-electron chi connectivity index (χ2n) is 6.73. The monoisotopic (exact) mass is 193 g/mol. The lowest BCUT2D eigenvalue weighted by Gasteiger charge is -2.39. The minimum Gasteiger partial charge on any atom is -0.303 e. The number of rotatable bonds is 0. The van der Waals surface area contributed by atoms with Crippen LogP contribution in [-0.4, -0.2) is 24.5 Å². The van der Waals surface area contributed by atoms with E-state index < -0.39 is 0 Å². The molecule has 14 heavy (non-hydrogen) atoms. The van der Waals surface area contributed by atoms with Gasteiger partial charge in [-0.25, -0.2) is 0 Å². The second-order valence-corrected chi connectivity index (χ2v) is 6.73. The molecule has 0 spiro atoms. The van der Waals surface area contributed by atoms with Crippen molar-refractivity contribution in [3.05, 3.63) is 0 Å². The molecule has 0 radical (unpaired) electrons. The summed E-state index contributed by atoms with van der Waals surface area (Å²) in [5.74, 6) is 2.83. The van der Waals surface area contributed by atoms with Gasteiger partial charge >= 0.3 is 0 Å². The van der Waals surface area contributed by atoms with E-state index in [1.165, 1.54) is 13.0 Å². The molecule has 6 atom stereocenters. The summed E-state index contributed by atoms with van der Waals surface area (Å²) in [6, 6.07) is 0.899. The molecule has 1 aliphatic heterocycles. The first-order chi connectivity index (χ1) is 6.41. The minimum absolute atomic E-state index is 0.617. The van der Waals surface area contributed by atoms with Crippen LogP contribution in [-0.2, 0) is 0 Å². The molecule has 1 heterocycles. The van der Waals surface area contributed by atoms with Crippen molar-refractivity contribution in [2.45, 2.75) is 40.2 Å². The Morgan fingerprint density at radius 3 is 2.29 bits per heavy atom. The molecule has 3 aliphatic rings. The molecule has 0 aromatic rings. The van der Waals surface area contributed by atoms with Crippen molar-refractivity contribution in [1.29, 1.82) is 0 Å². The Morgan fingerprint density at radius 2 is 1.79 bits per heavy atom. The molecule has 0 N–H and O–H groups in total. The van der Waals surface area contributed by atoms with Gasteiger partial charge in [-0.3, -0.25) is 0 Å². The number of hydrogen-bond acceptors (Lipinski definition) is 1. The van der Waals surface area contributed by atoms with Gasteiger partial charge < -0.3 is 4.90 Å². The maximum absolute atomic E-state index is 2.63. The fraction of sp³-hybridized carbons (Fsp3) is 1.00. The molecular weight excluding hydrogens is 170 g/mol. The van der Waals surface area contributed by atoms with Crippen molar-refractivity contribution in [2.24, 2.45) is 28.6 Å². The van der Waals surface area contributed by atoms with Crippen molar-refractivity contribution >= 4 is 0 Å². The Morgan fingerprint density at radius 1 is 1.14 bits per heavy atom. The predicted octanol–water partition coefficient (Wildman–Crippen LogP) is 2.62. The zero-order valence-corrected chi connectivity index (χ0v) is 10.2. The molecule has 0 aromatic carbocycles. The number of fused-ring (bicyclic) bond motifs is 1. The maximum Gasteiger partial charge on any atom is 0.0135 e. The van der Waals surface area contributed by atoms with Gasteiger partial charge in [0, 0.05) is 12.6 Å². The predicted molar refractivity (Wildman–Crippen MR) is 59.1 cm³/mol. The Hall–Kier alpha value is -0.0400. The molecule has 1 saturated heterocycles. The summed E-state index contributed by atoms with van der Waals surface area (Å²) in [7, 11) is 2.33. The Balaban J connectivity index is 2.13. The van der Waals surface area contributed by atoms with Gasteiger partial charge in [-0.05, 0) is 42.1 Å². The van der Waals surface area contributed by atoms with Crippen LogP contribution < -0.4 is 0 Å². The third-order valence-electron chi connectivity index (χ3n) is 6.54. The van der Waals surface area contributed by atoms with Crippen molar-refractivity contribution in [3.8, 4) is 0 Å². The lowest BCUT2D eigenvalue weighted by Crippen LogP contribution is -2.36. The van der Waals surface area contributed by atoms with E-state index in [9.17, 15) is 0 Å². The molecule has 2 aliphatic carbocycles. The maximum atomic E-state index is 2.63. The van der Waals surface area contributed by atoms with Crippen LogP contribution in [0.3, 0.4) is 0 Å². The summed E-state index contributed by atoms with van der Waals surface area (Å²) < 4.78 is 0. The quantitative estimate of drug-likeness (QED) is 0.571. The molecule has 6 unspecified atom stereocenters. The lowest BCUT2D eigenvalue weighted by atomic mass is 9.65. The molecule has 1 nitrogen and oxygen atoms in total. The molecule has 1 heteroatoms. The standard InChI is InChI=1S/C13H23N/c1-8-11-10-6-12(8,3)9(2)13(11,4)7-14(10)5/h8-11H,6-7H2,1-5H3. The summed E-state index contributed by atoms with van der Waals surface area (Å²) in [4.78, 5) is 2.63. The summed E-state index contributed by atoms with van der Waals surface area (Å²) in [6.07, 6.45) is 1.45. The summed E-state index contributed by atoms with van der Waals surface area (Å²) in [6.45, 7) is 11.4. The highest BCUT2D eigenvalue weighted by atomic mass is 15.2. The molecule has 2 saturated carbocycles. The zero-order valence-electron chi connectivity index (χ0n) is 10.2. The van der Waals surface area contributed by atoms with Crippen LogP contribution in [0, 0.1) is 28.6 Å². The SMILES string of the molecule is CC1C2C3CC1(C)C(C)C2(C)CN3C. The fourth-order valence-electron chi connectivity index (χ4n) is 5.46. The molecule has 80 valence electrons. The van der Waals surface area contributed by atoms with E-state index >= 15 is 0 Å². The van der Waals surface area contributed by atoms with Gasteiger partial charge in [-0.2, -0.15) is 0 Å². The molecule has 2 bridgehead atoms. The molecule has 3 fully saturated rings. The highest BCUT2D eigenvalue weighted by molar-refractivity contribution is 5.21. The van der Waals surface area contributed by atoms with E-state index in [0.717, 1.165) is 23.8 Å². The highest BCUT2D eigenvalue weighted by Gasteiger charge is 2.71. The summed E-state index contributed by atoms with van der Waals surface area (Å²) in [5.41, 5.74) is 1.25. The largest absolute Gasteiger partial charge is 0.303 e. The third kappa shape index (κ3) is 0.680. The average Bonchev–Trinajstić information content (AvgIpc) is 2.53. The summed E-state index contributed by atoms with van der Waals surface area (Å²) in [5, 5.41) is 0. The van der Waals surface area contributed by atoms with Crippen molar-refractivity contribution in [3.63, 3.8) is 0 Å². The van der Waals surface area contributed by atoms with Crippen LogP contribution in [0.2, 0.25) is 0 Å². The van der Waals surface area contributed by atoms with Crippen LogP contribution >= 0.6 is 0 Å². The van der Waals surface area contributed by atoms with E-state index in [2.05, 4.69) is 39.6 Å². The van der Waals surface area contributed by atoms with Crippen molar-refractivity contribution in [1.82, 2.24) is 4.90 Å². The molecule has 3 rings (SSSR count). The van der Waals surface area contributed by atoms with E-state index in [1.807, 2.05) is 0 Å². The smallest absolute Gasteiger partial charge is 0.0135 e. The van der Waals surface area contributed by atoms with Gasteiger partial charge in [0.05, 0.1) is 0 Å². The second kappa shape index (κ2) is 2.21. The minimum atomic E-state index is 0.617. The number of hydrogen-bond donors (Lipinski definition) is 0. The topological polar surface area (TPSA) is 3.24 Å². The van der Waals surface area contributed by atoms with E-state index in [1.54, 1.807) is 0 Å². The van der Waals surface area contributed by atoms with Gasteiger partial charge in [0.1, 0.15) is 0 Å². The van der Waals surface area contributed by atoms with Gasteiger partial charge in [0.15, 0.2) is 0 Å². The first-order valence-electron chi connectivity index (χ1n) is 6.11. The van der Waals surface area contributed by atoms with Gasteiger partial charge in [-0.1, -0.05) is 27.7 Å². The van der Waals surface area contributed by atoms with Gasteiger partial charge in [0.2, 0.25) is 0 Å². The van der Waals surface area contributed by atoms with Crippen LogP contribution in [0.1, 0.15) is 34.1 Å². The lowest BCUT2D eigenvalue weighted by molar-refractivity contribution is 0.107. The number of nitrogens with zero attached hydrogens (tertiary/aromatic N) is 1. The normalized spacial score (nSPS) is 66.6. The number of likely N-dealkylation sites (tertiary alicyclic amines) is 1. The summed E-state index contributed by atoms with van der Waals surface area (Å²) >= 11 is 0. The van der Waals surface area contributed by atoms with Crippen LogP contribution in [0.25, 0.3) is 0 Å². The van der Waals surface area contributed by atoms with Crippen molar-refractivity contribution < 1.29 is 0 Å². The van der Waals surface area contributed by atoms with E-state index in [-0.39, 0.29) is 0 Å². The highest BCUT2D eigenvalue weighted by Crippen LogP contribution is 2.72. The Kier molecular flexibility index (Phi) is 1.45. The first-order valence-corrected chi connectivity index (χ1v) is 6.11. The molecule has 0 amide bonds. The van der Waals surface area contributed by atoms with E-state index in [4.69, 9.17) is 0 Å². The molecule has 0 aromatic heterocycles. The zero-order chi connectivity index (χ0) is 10.3. The van der Waals surface area contributed by atoms with Crippen LogP contribution in [0.5, 0.6) is 0 Å². The van der Waals surface area contributed by atoms with Crippen LogP contribution in [0.4, 0.5) is 0 Å². The van der Waals surface area contributed by atoms with Crippen molar-refractivity contribution in [2.75, 3.05) is 13.6 Å². The average molecular weight is 193 g/mol. The Bertz CT molecular complexity index is 285. The molecular formula is C13H23N. The fourth-order valence-corrected chi connectivity index (χ4v) is 5.46. The van der Waals surface area contributed by atoms with Gasteiger partial charge in [0.25, 0.3) is 0 Å². The van der Waals surface area contributed by atoms with Gasteiger partial charge in [-0.15, -0.1) is 0 Å². The Labute approximate surface area is 87.9 Å². The van der Waals surface area contributed by atoms with E-state index in [0.29, 0.717) is 10.8 Å². The third-order valence-corrected chi connectivity index (χ3v) is 6.54.